The molecular weight excluding hydrogens is 256 g/mol. The van der Waals surface area contributed by atoms with Gasteiger partial charge in [0.2, 0.25) is 5.91 Å². The summed E-state index contributed by atoms with van der Waals surface area (Å²) in [5.41, 5.74) is 1.42. The van der Waals surface area contributed by atoms with Crippen LogP contribution in [0.3, 0.4) is 0 Å². The first-order chi connectivity index (χ1) is 9.58. The highest BCUT2D eigenvalue weighted by Gasteiger charge is 2.42. The highest BCUT2D eigenvalue weighted by Crippen LogP contribution is 2.39. The molecule has 2 atom stereocenters. The van der Waals surface area contributed by atoms with Gasteiger partial charge in [-0.15, -0.1) is 0 Å². The predicted molar refractivity (Wildman–Crippen MR) is 73.1 cm³/mol. The number of carbonyl (C=O) groups is 2. The summed E-state index contributed by atoms with van der Waals surface area (Å²) >= 11 is 0. The Labute approximate surface area is 118 Å². The van der Waals surface area contributed by atoms with Crippen LogP contribution in [-0.2, 0) is 4.79 Å². The lowest BCUT2D eigenvalue weighted by Crippen LogP contribution is -2.51. The van der Waals surface area contributed by atoms with E-state index in [9.17, 15) is 9.59 Å². The van der Waals surface area contributed by atoms with Crippen molar-refractivity contribution in [2.24, 2.45) is 11.8 Å². The lowest BCUT2D eigenvalue weighted by molar-refractivity contribution is -0.134. The predicted octanol–water partition coefficient (Wildman–Crippen LogP) is 0.659. The van der Waals surface area contributed by atoms with E-state index < -0.39 is 0 Å². The van der Waals surface area contributed by atoms with Gasteiger partial charge in [-0.25, -0.2) is 0 Å². The summed E-state index contributed by atoms with van der Waals surface area (Å²) in [6.07, 6.45) is 2.59. The minimum atomic E-state index is 0.00291. The van der Waals surface area contributed by atoms with E-state index in [1.165, 1.54) is 0 Å². The Bertz CT molecular complexity index is 531. The molecule has 1 aliphatic heterocycles. The first-order valence-electron chi connectivity index (χ1n) is 7.16. The van der Waals surface area contributed by atoms with Crippen molar-refractivity contribution < 1.29 is 9.59 Å². The van der Waals surface area contributed by atoms with E-state index in [1.54, 1.807) is 11.1 Å². The van der Waals surface area contributed by atoms with E-state index in [-0.39, 0.29) is 17.7 Å². The number of nitrogens with one attached hydrogen (secondary N) is 1. The van der Waals surface area contributed by atoms with Crippen molar-refractivity contribution in [3.8, 4) is 0 Å². The number of aryl methyl sites for hydroxylation is 1. The molecule has 0 radical (unpaired) electrons. The van der Waals surface area contributed by atoms with Gasteiger partial charge in [0, 0.05) is 37.8 Å². The van der Waals surface area contributed by atoms with E-state index in [0.717, 1.165) is 12.1 Å². The molecule has 1 N–H and O–H groups in total. The zero-order valence-electron chi connectivity index (χ0n) is 11.9. The SMILES string of the molecule is Cc1[nH]ncc1C(=O)N1CCN(C(=O)[C@@H]2C[C@H]2C)CC1. The van der Waals surface area contributed by atoms with Crippen molar-refractivity contribution >= 4 is 11.8 Å². The maximum absolute atomic E-state index is 12.3. The smallest absolute Gasteiger partial charge is 0.257 e. The minimum absolute atomic E-state index is 0.00291. The van der Waals surface area contributed by atoms with Gasteiger partial charge >= 0.3 is 0 Å². The van der Waals surface area contributed by atoms with Crippen LogP contribution < -0.4 is 0 Å². The van der Waals surface area contributed by atoms with Crippen LogP contribution in [0.2, 0.25) is 0 Å². The Hall–Kier alpha value is -1.85. The summed E-state index contributed by atoms with van der Waals surface area (Å²) < 4.78 is 0. The number of aromatic amines is 1. The molecule has 0 unspecified atom stereocenters. The number of hydrogen-bond acceptors (Lipinski definition) is 3. The Morgan fingerprint density at radius 1 is 1.25 bits per heavy atom. The molecule has 2 aliphatic rings. The maximum Gasteiger partial charge on any atom is 0.257 e. The summed E-state index contributed by atoms with van der Waals surface area (Å²) in [6.45, 7) is 6.46. The fourth-order valence-corrected chi connectivity index (χ4v) is 2.77. The molecule has 1 saturated carbocycles. The van der Waals surface area contributed by atoms with Crippen LogP contribution in [0.25, 0.3) is 0 Å². The van der Waals surface area contributed by atoms with Gasteiger partial charge in [-0.05, 0) is 19.3 Å². The molecule has 2 heterocycles. The van der Waals surface area contributed by atoms with Crippen LogP contribution in [-0.4, -0.2) is 58.0 Å². The second-order valence-corrected chi connectivity index (χ2v) is 5.85. The molecule has 1 aromatic rings. The largest absolute Gasteiger partial charge is 0.339 e. The van der Waals surface area contributed by atoms with Crippen molar-refractivity contribution in [2.45, 2.75) is 20.3 Å². The fourth-order valence-electron chi connectivity index (χ4n) is 2.77. The van der Waals surface area contributed by atoms with Gasteiger partial charge < -0.3 is 9.80 Å². The lowest BCUT2D eigenvalue weighted by Gasteiger charge is -2.35. The van der Waals surface area contributed by atoms with E-state index in [0.29, 0.717) is 37.7 Å². The van der Waals surface area contributed by atoms with Crippen molar-refractivity contribution in [1.82, 2.24) is 20.0 Å². The molecule has 6 nitrogen and oxygen atoms in total. The van der Waals surface area contributed by atoms with E-state index in [2.05, 4.69) is 17.1 Å². The van der Waals surface area contributed by atoms with Gasteiger partial charge in [0.05, 0.1) is 11.8 Å². The van der Waals surface area contributed by atoms with Gasteiger partial charge in [-0.2, -0.15) is 5.10 Å². The summed E-state index contributed by atoms with van der Waals surface area (Å²) in [6, 6.07) is 0. The highest BCUT2D eigenvalue weighted by atomic mass is 16.2. The number of amides is 2. The standard InChI is InChI=1S/C14H20N4O2/c1-9-7-11(9)13(19)17-3-5-18(6-4-17)14(20)12-8-15-16-10(12)2/h8-9,11H,3-7H2,1-2H3,(H,15,16)/t9-,11-/m1/s1. The maximum atomic E-state index is 12.3. The molecule has 1 aromatic heterocycles. The Balaban J connectivity index is 1.57. The summed E-state index contributed by atoms with van der Waals surface area (Å²) in [4.78, 5) is 28.2. The van der Waals surface area contributed by atoms with Crippen LogP contribution in [0.15, 0.2) is 6.20 Å². The number of hydrogen-bond donors (Lipinski definition) is 1. The van der Waals surface area contributed by atoms with E-state index in [1.807, 2.05) is 11.8 Å². The van der Waals surface area contributed by atoms with Gasteiger partial charge in [0.15, 0.2) is 0 Å². The van der Waals surface area contributed by atoms with E-state index in [4.69, 9.17) is 0 Å². The Morgan fingerprint density at radius 3 is 2.35 bits per heavy atom. The normalized spacial score (nSPS) is 25.7. The topological polar surface area (TPSA) is 69.3 Å². The van der Waals surface area contributed by atoms with Crippen LogP contribution in [0.4, 0.5) is 0 Å². The third-order valence-electron chi connectivity index (χ3n) is 4.37. The van der Waals surface area contributed by atoms with Gasteiger partial charge in [0.1, 0.15) is 0 Å². The van der Waals surface area contributed by atoms with Crippen molar-refractivity contribution in [3.63, 3.8) is 0 Å². The molecule has 2 fully saturated rings. The molecule has 20 heavy (non-hydrogen) atoms. The zero-order chi connectivity index (χ0) is 14.3. The molecule has 0 bridgehead atoms. The first-order valence-corrected chi connectivity index (χ1v) is 7.16. The quantitative estimate of drug-likeness (QED) is 0.862. The average Bonchev–Trinajstić information content (AvgIpc) is 3.03. The van der Waals surface area contributed by atoms with Crippen LogP contribution in [0.1, 0.15) is 29.4 Å². The minimum Gasteiger partial charge on any atom is -0.339 e. The third kappa shape index (κ3) is 2.30. The lowest BCUT2D eigenvalue weighted by atomic mass is 10.2. The van der Waals surface area contributed by atoms with Crippen LogP contribution in [0.5, 0.6) is 0 Å². The molecule has 2 amide bonds. The van der Waals surface area contributed by atoms with Gasteiger partial charge in [0.25, 0.3) is 5.91 Å². The van der Waals surface area contributed by atoms with Crippen LogP contribution >= 0.6 is 0 Å². The second-order valence-electron chi connectivity index (χ2n) is 5.85. The second kappa shape index (κ2) is 4.92. The monoisotopic (exact) mass is 276 g/mol. The molecule has 1 saturated heterocycles. The Kier molecular flexibility index (Phi) is 3.23. The van der Waals surface area contributed by atoms with Gasteiger partial charge in [-0.3, -0.25) is 14.7 Å². The Morgan fingerprint density at radius 2 is 1.85 bits per heavy atom. The number of aromatic nitrogens is 2. The molecule has 0 spiro atoms. The van der Waals surface area contributed by atoms with Crippen molar-refractivity contribution in [3.05, 3.63) is 17.5 Å². The third-order valence-corrected chi connectivity index (χ3v) is 4.37. The highest BCUT2D eigenvalue weighted by molar-refractivity contribution is 5.95. The van der Waals surface area contributed by atoms with Crippen molar-refractivity contribution in [2.75, 3.05) is 26.2 Å². The number of rotatable bonds is 2. The molecule has 0 aromatic carbocycles. The summed E-state index contributed by atoms with van der Waals surface area (Å²) in [5, 5.41) is 6.67. The molecule has 1 aliphatic carbocycles. The summed E-state index contributed by atoms with van der Waals surface area (Å²) in [5.74, 6) is 1.04. The van der Waals surface area contributed by atoms with Gasteiger partial charge in [-0.1, -0.05) is 6.92 Å². The molecule has 6 heteroatoms. The first kappa shape index (κ1) is 13.1. The number of piperazine rings is 1. The number of nitrogens with zero attached hydrogens (tertiary/aromatic N) is 3. The molecule has 3 rings (SSSR count). The molecule has 108 valence electrons. The van der Waals surface area contributed by atoms with Crippen molar-refractivity contribution in [1.29, 1.82) is 0 Å². The van der Waals surface area contributed by atoms with E-state index >= 15 is 0 Å². The van der Waals surface area contributed by atoms with Crippen LogP contribution in [0, 0.1) is 18.8 Å². The average molecular weight is 276 g/mol. The fraction of sp³-hybridized carbons (Fsp3) is 0.643. The number of H-pyrrole nitrogens is 1. The molecular formula is C14H20N4O2. The zero-order valence-corrected chi connectivity index (χ0v) is 11.9. The summed E-state index contributed by atoms with van der Waals surface area (Å²) in [7, 11) is 0. The number of carbonyl (C=O) groups excluding carboxylic acids is 2.